The summed E-state index contributed by atoms with van der Waals surface area (Å²) in [6, 6.07) is 11.8. The minimum atomic E-state index is -0.280. The summed E-state index contributed by atoms with van der Waals surface area (Å²) in [6.07, 6.45) is 6.14. The maximum Gasteiger partial charge on any atom is 0.262 e. The van der Waals surface area contributed by atoms with E-state index in [2.05, 4.69) is 22.9 Å². The van der Waals surface area contributed by atoms with Crippen molar-refractivity contribution in [1.29, 1.82) is 5.26 Å². The third-order valence-electron chi connectivity index (χ3n) is 5.65. The second-order valence-electron chi connectivity index (χ2n) is 7.65. The molecule has 28 heavy (non-hydrogen) atoms. The minimum absolute atomic E-state index is 0.147. The van der Waals surface area contributed by atoms with Crippen LogP contribution < -0.4 is 5.32 Å². The predicted octanol–water partition coefficient (Wildman–Crippen LogP) is 5.35. The Morgan fingerprint density at radius 1 is 1.25 bits per heavy atom. The summed E-state index contributed by atoms with van der Waals surface area (Å²) in [6.45, 7) is 6.16. The number of rotatable bonds is 4. The average molecular weight is 396 g/mol. The minimum Gasteiger partial charge on any atom is -0.348 e. The number of carbonyl (C=O) groups excluding carboxylic acids is 1. The molecule has 1 aromatic carbocycles. The van der Waals surface area contributed by atoms with E-state index >= 15 is 0 Å². The van der Waals surface area contributed by atoms with Gasteiger partial charge in [0.1, 0.15) is 11.6 Å². The van der Waals surface area contributed by atoms with Gasteiger partial charge in [0.05, 0.1) is 0 Å². The quantitative estimate of drug-likeness (QED) is 0.560. The Morgan fingerprint density at radius 3 is 2.57 bits per heavy atom. The first kappa shape index (κ1) is 20.2. The lowest BCUT2D eigenvalue weighted by molar-refractivity contribution is -0.118. The van der Waals surface area contributed by atoms with E-state index in [9.17, 15) is 10.1 Å². The summed E-state index contributed by atoms with van der Waals surface area (Å²) < 4.78 is 2.10. The molecule has 0 bridgehead atoms. The highest BCUT2D eigenvalue weighted by atomic mass is 35.5. The fourth-order valence-electron chi connectivity index (χ4n) is 4.00. The Labute approximate surface area is 171 Å². The molecule has 1 aromatic heterocycles. The number of benzene rings is 1. The zero-order chi connectivity index (χ0) is 20.3. The molecule has 2 atom stereocenters. The van der Waals surface area contributed by atoms with Crippen LogP contribution in [-0.2, 0) is 4.79 Å². The fraction of sp³-hybridized carbons (Fsp3) is 0.391. The molecule has 0 radical (unpaired) electrons. The van der Waals surface area contributed by atoms with Gasteiger partial charge >= 0.3 is 0 Å². The smallest absolute Gasteiger partial charge is 0.262 e. The number of carbonyl (C=O) groups is 1. The highest BCUT2D eigenvalue weighted by Crippen LogP contribution is 2.26. The number of nitrogens with zero attached hydrogens (tertiary/aromatic N) is 2. The van der Waals surface area contributed by atoms with E-state index in [0.29, 0.717) is 10.9 Å². The third-order valence-corrected chi connectivity index (χ3v) is 5.90. The van der Waals surface area contributed by atoms with Crippen LogP contribution in [0.25, 0.3) is 11.8 Å². The van der Waals surface area contributed by atoms with Crippen molar-refractivity contribution >= 4 is 23.6 Å². The molecule has 1 aliphatic carbocycles. The number of aromatic nitrogens is 1. The van der Waals surface area contributed by atoms with Crippen LogP contribution in [0.15, 0.2) is 35.9 Å². The summed E-state index contributed by atoms with van der Waals surface area (Å²) >= 11 is 6.00. The molecule has 4 nitrogen and oxygen atoms in total. The van der Waals surface area contributed by atoms with Crippen LogP contribution in [0.5, 0.6) is 0 Å². The Bertz CT molecular complexity index is 934. The molecule has 1 fully saturated rings. The van der Waals surface area contributed by atoms with Gasteiger partial charge in [0.25, 0.3) is 5.91 Å². The van der Waals surface area contributed by atoms with Gasteiger partial charge in [-0.2, -0.15) is 5.26 Å². The summed E-state index contributed by atoms with van der Waals surface area (Å²) in [7, 11) is 0. The first-order chi connectivity index (χ1) is 13.4. The molecule has 5 heteroatoms. The Balaban J connectivity index is 1.86. The standard InChI is InChI=1S/C23H26ClN3O/c1-15-6-4-5-7-22(15)26-23(28)19(14-25)13-18-12-16(2)27(17(18)3)21-10-8-20(24)9-11-21/h8-13,15,22H,4-7H2,1-3H3,(H,26,28)/b19-13+/t15-,22+/m1/s1. The number of aryl methyl sites for hydroxylation is 1. The monoisotopic (exact) mass is 395 g/mol. The Hall–Kier alpha value is -2.51. The molecule has 0 saturated heterocycles. The van der Waals surface area contributed by atoms with Crippen molar-refractivity contribution in [3.63, 3.8) is 0 Å². The average Bonchev–Trinajstić information content (AvgIpc) is 2.95. The normalized spacial score (nSPS) is 19.9. The third kappa shape index (κ3) is 4.31. The van der Waals surface area contributed by atoms with E-state index in [-0.39, 0.29) is 17.5 Å². The molecule has 2 aromatic rings. The van der Waals surface area contributed by atoms with Gasteiger partial charge in [-0.1, -0.05) is 31.4 Å². The molecule has 1 saturated carbocycles. The van der Waals surface area contributed by atoms with Crippen LogP contribution in [-0.4, -0.2) is 16.5 Å². The lowest BCUT2D eigenvalue weighted by Gasteiger charge is -2.29. The highest BCUT2D eigenvalue weighted by Gasteiger charge is 2.24. The SMILES string of the molecule is Cc1cc(/C=C(\C#N)C(=O)N[C@H]2CCCC[C@H]2C)c(C)n1-c1ccc(Cl)cc1. The molecule has 1 N–H and O–H groups in total. The summed E-state index contributed by atoms with van der Waals surface area (Å²) in [5, 5.41) is 13.3. The van der Waals surface area contributed by atoms with Gasteiger partial charge in [0.2, 0.25) is 0 Å². The number of hydrogen-bond acceptors (Lipinski definition) is 2. The van der Waals surface area contributed by atoms with E-state index < -0.39 is 0 Å². The van der Waals surface area contributed by atoms with Gasteiger partial charge in [-0.15, -0.1) is 0 Å². The van der Waals surface area contributed by atoms with Gasteiger partial charge in [-0.25, -0.2) is 0 Å². The van der Waals surface area contributed by atoms with Crippen LogP contribution >= 0.6 is 11.6 Å². The Kier molecular flexibility index (Phi) is 6.26. The molecule has 1 amide bonds. The molecular formula is C23H26ClN3O. The number of hydrogen-bond donors (Lipinski definition) is 1. The molecule has 0 spiro atoms. The van der Waals surface area contributed by atoms with Gasteiger partial charge in [0, 0.05) is 28.1 Å². The van der Waals surface area contributed by atoms with E-state index in [4.69, 9.17) is 11.6 Å². The molecule has 1 aliphatic rings. The van der Waals surface area contributed by atoms with Crippen molar-refractivity contribution in [2.24, 2.45) is 5.92 Å². The van der Waals surface area contributed by atoms with E-state index in [1.54, 1.807) is 6.08 Å². The van der Waals surface area contributed by atoms with Crippen molar-refractivity contribution in [2.45, 2.75) is 52.5 Å². The molecular weight excluding hydrogens is 370 g/mol. The largest absolute Gasteiger partial charge is 0.348 e. The van der Waals surface area contributed by atoms with Crippen molar-refractivity contribution in [1.82, 2.24) is 9.88 Å². The fourth-order valence-corrected chi connectivity index (χ4v) is 4.13. The second-order valence-corrected chi connectivity index (χ2v) is 8.09. The van der Waals surface area contributed by atoms with Crippen molar-refractivity contribution in [3.8, 4) is 11.8 Å². The number of halogens is 1. The first-order valence-electron chi connectivity index (χ1n) is 9.78. The lowest BCUT2D eigenvalue weighted by Crippen LogP contribution is -2.41. The Morgan fingerprint density at radius 2 is 1.93 bits per heavy atom. The molecule has 0 unspecified atom stereocenters. The molecule has 3 rings (SSSR count). The van der Waals surface area contributed by atoms with Crippen molar-refractivity contribution in [3.05, 3.63) is 57.9 Å². The molecule has 146 valence electrons. The van der Waals surface area contributed by atoms with Crippen LogP contribution in [0.3, 0.4) is 0 Å². The van der Waals surface area contributed by atoms with Gasteiger partial charge < -0.3 is 9.88 Å². The lowest BCUT2D eigenvalue weighted by atomic mass is 9.86. The zero-order valence-corrected chi connectivity index (χ0v) is 17.4. The van der Waals surface area contributed by atoms with E-state index in [0.717, 1.165) is 41.9 Å². The topological polar surface area (TPSA) is 57.8 Å². The van der Waals surface area contributed by atoms with E-state index in [1.165, 1.54) is 6.42 Å². The van der Waals surface area contributed by atoms with Gasteiger partial charge in [-0.05, 0) is 74.6 Å². The van der Waals surface area contributed by atoms with Gasteiger partial charge in [0.15, 0.2) is 0 Å². The van der Waals surface area contributed by atoms with Crippen LogP contribution in [0.2, 0.25) is 5.02 Å². The van der Waals surface area contributed by atoms with Crippen molar-refractivity contribution in [2.75, 3.05) is 0 Å². The zero-order valence-electron chi connectivity index (χ0n) is 16.6. The van der Waals surface area contributed by atoms with Crippen LogP contribution in [0.4, 0.5) is 0 Å². The second kappa shape index (κ2) is 8.67. The van der Waals surface area contributed by atoms with Crippen LogP contribution in [0, 0.1) is 31.1 Å². The summed E-state index contributed by atoms with van der Waals surface area (Å²) in [4.78, 5) is 12.7. The number of nitrogens with one attached hydrogen (secondary N) is 1. The van der Waals surface area contributed by atoms with Crippen molar-refractivity contribution < 1.29 is 4.79 Å². The molecule has 1 heterocycles. The van der Waals surface area contributed by atoms with E-state index in [1.807, 2.05) is 44.2 Å². The highest BCUT2D eigenvalue weighted by molar-refractivity contribution is 6.30. The maximum absolute atomic E-state index is 12.7. The van der Waals surface area contributed by atoms with Crippen LogP contribution in [0.1, 0.15) is 49.6 Å². The number of nitriles is 1. The van der Waals surface area contributed by atoms with Gasteiger partial charge in [-0.3, -0.25) is 4.79 Å². The summed E-state index contributed by atoms with van der Waals surface area (Å²) in [5.74, 6) is 0.171. The first-order valence-corrected chi connectivity index (χ1v) is 10.2. The molecule has 0 aliphatic heterocycles. The predicted molar refractivity (Wildman–Crippen MR) is 113 cm³/mol. The maximum atomic E-state index is 12.7. The number of amides is 1. The summed E-state index contributed by atoms with van der Waals surface area (Å²) in [5.41, 5.74) is 4.03.